The summed E-state index contributed by atoms with van der Waals surface area (Å²) < 4.78 is 7.20. The van der Waals surface area contributed by atoms with Gasteiger partial charge in [-0.3, -0.25) is 9.48 Å². The second kappa shape index (κ2) is 7.50. The Morgan fingerprint density at radius 2 is 1.86 bits per heavy atom. The Hall–Kier alpha value is -3.48. The highest BCUT2D eigenvalue weighted by Gasteiger charge is 2.19. The number of hydrogen-bond donors (Lipinski definition) is 1. The summed E-state index contributed by atoms with van der Waals surface area (Å²) in [6.07, 6.45) is 0. The van der Waals surface area contributed by atoms with E-state index in [4.69, 9.17) is 4.52 Å². The number of nitrogens with zero attached hydrogens (tertiary/aromatic N) is 4. The Morgan fingerprint density at radius 1 is 1.10 bits per heavy atom. The number of amides is 1. The molecule has 0 spiro atoms. The van der Waals surface area contributed by atoms with Crippen molar-refractivity contribution in [1.29, 1.82) is 0 Å². The van der Waals surface area contributed by atoms with Crippen molar-refractivity contribution >= 4 is 17.0 Å². The van der Waals surface area contributed by atoms with E-state index >= 15 is 0 Å². The molecule has 0 atom stereocenters. The number of rotatable bonds is 5. The van der Waals surface area contributed by atoms with Crippen molar-refractivity contribution in [3.63, 3.8) is 0 Å². The molecule has 0 bridgehead atoms. The molecule has 3 heterocycles. The fourth-order valence-corrected chi connectivity index (χ4v) is 3.56. The van der Waals surface area contributed by atoms with Crippen molar-refractivity contribution in [2.45, 2.75) is 40.8 Å². The molecule has 0 fully saturated rings. The minimum absolute atomic E-state index is 0.179. The minimum Gasteiger partial charge on any atom is -0.348 e. The van der Waals surface area contributed by atoms with E-state index in [1.54, 1.807) is 6.07 Å². The van der Waals surface area contributed by atoms with Gasteiger partial charge in [-0.2, -0.15) is 5.10 Å². The second-order valence-corrected chi connectivity index (χ2v) is 7.23. The smallest absolute Gasteiger partial charge is 0.258 e. The van der Waals surface area contributed by atoms with Crippen LogP contribution >= 0.6 is 0 Å². The van der Waals surface area contributed by atoms with Gasteiger partial charge in [-0.05, 0) is 39.3 Å². The van der Waals surface area contributed by atoms with E-state index in [0.717, 1.165) is 17.0 Å². The Balaban J connectivity index is 1.55. The molecule has 29 heavy (non-hydrogen) atoms. The maximum atomic E-state index is 12.9. The van der Waals surface area contributed by atoms with Crippen LogP contribution in [0.1, 0.15) is 44.3 Å². The van der Waals surface area contributed by atoms with E-state index in [0.29, 0.717) is 41.1 Å². The summed E-state index contributed by atoms with van der Waals surface area (Å²) in [5.41, 5.74) is 6.45. The van der Waals surface area contributed by atoms with Gasteiger partial charge in [0.15, 0.2) is 0 Å². The maximum Gasteiger partial charge on any atom is 0.258 e. The Kier molecular flexibility index (Phi) is 4.88. The number of carbonyl (C=O) groups excluding carboxylic acids is 1. The summed E-state index contributed by atoms with van der Waals surface area (Å²) in [6.45, 7) is 8.74. The maximum absolute atomic E-state index is 12.9. The van der Waals surface area contributed by atoms with Crippen LogP contribution in [0.15, 0.2) is 40.9 Å². The Labute approximate surface area is 168 Å². The lowest BCUT2D eigenvalue weighted by atomic mass is 10.1. The van der Waals surface area contributed by atoms with Gasteiger partial charge in [-0.15, -0.1) is 0 Å². The van der Waals surface area contributed by atoms with Crippen LogP contribution in [0.25, 0.3) is 11.1 Å². The Morgan fingerprint density at radius 3 is 2.62 bits per heavy atom. The standard InChI is InChI=1S/C22H23N5O2/c1-13-10-18(20-15(3)26-29-22(20)24-13)21(28)23-11-19-14(2)25-27(16(19)4)12-17-8-6-5-7-9-17/h5-10H,11-12H2,1-4H3,(H,23,28). The van der Waals surface area contributed by atoms with Gasteiger partial charge >= 0.3 is 0 Å². The first kappa shape index (κ1) is 18.9. The minimum atomic E-state index is -0.179. The average molecular weight is 389 g/mol. The van der Waals surface area contributed by atoms with E-state index in [1.165, 1.54) is 5.56 Å². The molecular weight excluding hydrogens is 366 g/mol. The van der Waals surface area contributed by atoms with Crippen molar-refractivity contribution in [2.75, 3.05) is 0 Å². The van der Waals surface area contributed by atoms with Gasteiger partial charge in [0.25, 0.3) is 11.6 Å². The van der Waals surface area contributed by atoms with Crippen LogP contribution in [0.4, 0.5) is 0 Å². The molecule has 3 aromatic heterocycles. The number of benzene rings is 1. The van der Waals surface area contributed by atoms with Gasteiger partial charge in [0.1, 0.15) is 0 Å². The number of carbonyl (C=O) groups is 1. The number of hydrogen-bond acceptors (Lipinski definition) is 5. The van der Waals surface area contributed by atoms with Crippen LogP contribution < -0.4 is 5.32 Å². The van der Waals surface area contributed by atoms with Crippen molar-refractivity contribution < 1.29 is 9.32 Å². The number of pyridine rings is 1. The van der Waals surface area contributed by atoms with Gasteiger partial charge in [-0.25, -0.2) is 4.98 Å². The third-order valence-corrected chi connectivity index (χ3v) is 5.12. The van der Waals surface area contributed by atoms with Gasteiger partial charge < -0.3 is 9.84 Å². The largest absolute Gasteiger partial charge is 0.348 e. The zero-order valence-corrected chi connectivity index (χ0v) is 17.0. The molecule has 0 aliphatic heterocycles. The SMILES string of the molecule is Cc1cc(C(=O)NCc2c(C)nn(Cc3ccccc3)c2C)c2c(C)noc2n1. The number of nitrogens with one attached hydrogen (secondary N) is 1. The zero-order chi connectivity index (χ0) is 20.5. The Bertz CT molecular complexity index is 1190. The predicted molar refractivity (Wildman–Crippen MR) is 110 cm³/mol. The molecule has 148 valence electrons. The first-order chi connectivity index (χ1) is 13.9. The molecule has 0 saturated carbocycles. The molecule has 0 aliphatic rings. The van der Waals surface area contributed by atoms with E-state index in [9.17, 15) is 4.79 Å². The van der Waals surface area contributed by atoms with E-state index in [2.05, 4.69) is 32.7 Å². The van der Waals surface area contributed by atoms with Crippen molar-refractivity contribution in [3.05, 3.63) is 75.9 Å². The molecule has 0 aliphatic carbocycles. The topological polar surface area (TPSA) is 85.8 Å². The molecule has 7 heteroatoms. The van der Waals surface area contributed by atoms with E-state index in [-0.39, 0.29) is 5.91 Å². The van der Waals surface area contributed by atoms with Crippen LogP contribution in [-0.2, 0) is 13.1 Å². The molecule has 1 amide bonds. The van der Waals surface area contributed by atoms with Crippen molar-refractivity contribution in [1.82, 2.24) is 25.2 Å². The molecule has 0 saturated heterocycles. The summed E-state index contributed by atoms with van der Waals surface area (Å²) in [6, 6.07) is 12.0. The van der Waals surface area contributed by atoms with Crippen LogP contribution in [0.5, 0.6) is 0 Å². The highest BCUT2D eigenvalue weighted by atomic mass is 16.5. The zero-order valence-electron chi connectivity index (χ0n) is 17.0. The fraction of sp³-hybridized carbons (Fsp3) is 0.273. The predicted octanol–water partition coefficient (Wildman–Crippen LogP) is 3.63. The highest BCUT2D eigenvalue weighted by molar-refractivity contribution is 6.06. The van der Waals surface area contributed by atoms with Gasteiger partial charge in [-0.1, -0.05) is 35.5 Å². The third kappa shape index (κ3) is 3.63. The average Bonchev–Trinajstić information content (AvgIpc) is 3.19. The normalized spacial score (nSPS) is 11.2. The molecule has 0 radical (unpaired) electrons. The highest BCUT2D eigenvalue weighted by Crippen LogP contribution is 2.22. The van der Waals surface area contributed by atoms with Crippen molar-refractivity contribution in [2.24, 2.45) is 0 Å². The fourth-order valence-electron chi connectivity index (χ4n) is 3.56. The van der Waals surface area contributed by atoms with Crippen LogP contribution in [0.3, 0.4) is 0 Å². The van der Waals surface area contributed by atoms with Crippen molar-refractivity contribution in [3.8, 4) is 0 Å². The number of aryl methyl sites for hydroxylation is 3. The molecule has 7 nitrogen and oxygen atoms in total. The summed E-state index contributed by atoms with van der Waals surface area (Å²) in [5, 5.41) is 12.3. The lowest BCUT2D eigenvalue weighted by Gasteiger charge is -2.08. The van der Waals surface area contributed by atoms with Gasteiger partial charge in [0.05, 0.1) is 28.9 Å². The number of fused-ring (bicyclic) bond motifs is 1. The third-order valence-electron chi connectivity index (χ3n) is 5.12. The van der Waals surface area contributed by atoms with E-state index < -0.39 is 0 Å². The van der Waals surface area contributed by atoms with Gasteiger partial charge in [0, 0.05) is 23.5 Å². The lowest BCUT2D eigenvalue weighted by Crippen LogP contribution is -2.24. The molecule has 4 aromatic rings. The number of aromatic nitrogens is 4. The molecule has 1 N–H and O–H groups in total. The first-order valence-electron chi connectivity index (χ1n) is 9.52. The first-order valence-corrected chi connectivity index (χ1v) is 9.52. The van der Waals surface area contributed by atoms with Crippen LogP contribution in [-0.4, -0.2) is 25.8 Å². The second-order valence-electron chi connectivity index (χ2n) is 7.23. The molecule has 0 unspecified atom stereocenters. The lowest BCUT2D eigenvalue weighted by molar-refractivity contribution is 0.0952. The molecule has 1 aromatic carbocycles. The van der Waals surface area contributed by atoms with Crippen LogP contribution in [0, 0.1) is 27.7 Å². The summed E-state index contributed by atoms with van der Waals surface area (Å²) in [5.74, 6) is -0.179. The van der Waals surface area contributed by atoms with Gasteiger partial charge in [0.2, 0.25) is 0 Å². The summed E-state index contributed by atoms with van der Waals surface area (Å²) >= 11 is 0. The molecular formula is C22H23N5O2. The van der Waals surface area contributed by atoms with E-state index in [1.807, 2.05) is 50.6 Å². The molecule has 4 rings (SSSR count). The quantitative estimate of drug-likeness (QED) is 0.563. The van der Waals surface area contributed by atoms with Crippen LogP contribution in [0.2, 0.25) is 0 Å². The monoisotopic (exact) mass is 389 g/mol. The summed E-state index contributed by atoms with van der Waals surface area (Å²) in [7, 11) is 0. The summed E-state index contributed by atoms with van der Waals surface area (Å²) in [4.78, 5) is 17.2.